The average Bonchev–Trinajstić information content (AvgIpc) is 2.77. The van der Waals surface area contributed by atoms with Crippen molar-refractivity contribution in [1.29, 1.82) is 5.26 Å². The van der Waals surface area contributed by atoms with E-state index < -0.39 is 0 Å². The lowest BCUT2D eigenvalue weighted by molar-refractivity contribution is 0.862. The van der Waals surface area contributed by atoms with Crippen molar-refractivity contribution in [2.45, 2.75) is 6.54 Å². The predicted octanol–water partition coefficient (Wildman–Crippen LogP) is 1.20. The zero-order valence-corrected chi connectivity index (χ0v) is 8.09. The molecule has 1 aromatic carbocycles. The lowest BCUT2D eigenvalue weighted by Gasteiger charge is -2.04. The van der Waals surface area contributed by atoms with E-state index in [-0.39, 0.29) is 0 Å². The zero-order valence-electron chi connectivity index (χ0n) is 8.09. The number of nitrogens with zero attached hydrogens (tertiary/aromatic N) is 3. The summed E-state index contributed by atoms with van der Waals surface area (Å²) in [6.07, 6.45) is 1.60. The van der Waals surface area contributed by atoms with Gasteiger partial charge < -0.3 is 5.73 Å². The summed E-state index contributed by atoms with van der Waals surface area (Å²) in [5, 5.41) is 12.9. The molecule has 0 unspecified atom stereocenters. The third-order valence-corrected chi connectivity index (χ3v) is 2.15. The topological polar surface area (TPSA) is 67.6 Å². The molecule has 2 aromatic rings. The first kappa shape index (κ1) is 9.44. The van der Waals surface area contributed by atoms with Crippen LogP contribution in [0.3, 0.4) is 0 Å². The van der Waals surface area contributed by atoms with Crippen LogP contribution in [0.1, 0.15) is 11.3 Å². The van der Waals surface area contributed by atoms with Gasteiger partial charge >= 0.3 is 0 Å². The Labute approximate surface area is 87.6 Å². The van der Waals surface area contributed by atoms with E-state index in [0.717, 1.165) is 11.3 Å². The van der Waals surface area contributed by atoms with Crippen molar-refractivity contribution in [3.8, 4) is 11.8 Å². The first-order valence-corrected chi connectivity index (χ1v) is 4.58. The molecule has 1 heterocycles. The second kappa shape index (κ2) is 3.95. The van der Waals surface area contributed by atoms with E-state index in [4.69, 9.17) is 11.0 Å². The molecule has 0 aliphatic heterocycles. The third kappa shape index (κ3) is 1.73. The minimum atomic E-state index is 0.483. The van der Waals surface area contributed by atoms with Crippen LogP contribution in [0.25, 0.3) is 5.69 Å². The first-order chi connectivity index (χ1) is 7.35. The van der Waals surface area contributed by atoms with Crippen molar-refractivity contribution in [3.63, 3.8) is 0 Å². The van der Waals surface area contributed by atoms with Gasteiger partial charge in [-0.2, -0.15) is 10.4 Å². The summed E-state index contributed by atoms with van der Waals surface area (Å²) in [5.41, 5.74) is 7.95. The second-order valence-corrected chi connectivity index (χ2v) is 3.11. The molecule has 0 radical (unpaired) electrons. The summed E-state index contributed by atoms with van der Waals surface area (Å²) < 4.78 is 1.60. The molecule has 2 N–H and O–H groups in total. The highest BCUT2D eigenvalue weighted by Gasteiger charge is 2.03. The monoisotopic (exact) mass is 198 g/mol. The van der Waals surface area contributed by atoms with Crippen LogP contribution in [0.2, 0.25) is 0 Å². The molecular weight excluding hydrogens is 188 g/mol. The first-order valence-electron chi connectivity index (χ1n) is 4.58. The van der Waals surface area contributed by atoms with Gasteiger partial charge in [0.15, 0.2) is 0 Å². The van der Waals surface area contributed by atoms with Crippen LogP contribution in [-0.2, 0) is 6.54 Å². The van der Waals surface area contributed by atoms with Crippen LogP contribution < -0.4 is 5.73 Å². The van der Waals surface area contributed by atoms with E-state index in [1.54, 1.807) is 16.9 Å². The van der Waals surface area contributed by atoms with E-state index in [1.165, 1.54) is 0 Å². The molecule has 2 rings (SSSR count). The Bertz CT molecular complexity index is 507. The van der Waals surface area contributed by atoms with Crippen LogP contribution >= 0.6 is 0 Å². The van der Waals surface area contributed by atoms with Gasteiger partial charge in [-0.1, -0.05) is 12.1 Å². The van der Waals surface area contributed by atoms with Crippen molar-refractivity contribution in [3.05, 3.63) is 47.8 Å². The maximum atomic E-state index is 8.86. The highest BCUT2D eigenvalue weighted by molar-refractivity contribution is 5.39. The van der Waals surface area contributed by atoms with Gasteiger partial charge in [0.1, 0.15) is 11.8 Å². The molecule has 0 aliphatic rings. The van der Waals surface area contributed by atoms with Crippen molar-refractivity contribution >= 4 is 0 Å². The van der Waals surface area contributed by atoms with Gasteiger partial charge in [0, 0.05) is 6.54 Å². The molecule has 74 valence electrons. The Morgan fingerprint density at radius 1 is 1.40 bits per heavy atom. The fourth-order valence-electron chi connectivity index (χ4n) is 1.41. The minimum Gasteiger partial charge on any atom is -0.326 e. The molecule has 0 saturated carbocycles. The molecule has 0 aliphatic carbocycles. The van der Waals surface area contributed by atoms with Crippen molar-refractivity contribution in [1.82, 2.24) is 9.78 Å². The number of nitrogens with two attached hydrogens (primary N) is 1. The maximum Gasteiger partial charge on any atom is 0.144 e. The highest BCUT2D eigenvalue weighted by atomic mass is 15.3. The van der Waals surface area contributed by atoms with E-state index in [0.29, 0.717) is 12.2 Å². The van der Waals surface area contributed by atoms with Crippen LogP contribution in [0, 0.1) is 11.3 Å². The molecular formula is C11H10N4. The lowest BCUT2D eigenvalue weighted by Crippen LogP contribution is -2.02. The van der Waals surface area contributed by atoms with Crippen LogP contribution in [-0.4, -0.2) is 9.78 Å². The molecule has 0 amide bonds. The number of aromatic nitrogens is 2. The van der Waals surface area contributed by atoms with Gasteiger partial charge in [-0.3, -0.25) is 0 Å². The van der Waals surface area contributed by atoms with Gasteiger partial charge in [-0.15, -0.1) is 0 Å². The van der Waals surface area contributed by atoms with Crippen molar-refractivity contribution in [2.75, 3.05) is 0 Å². The fourth-order valence-corrected chi connectivity index (χ4v) is 1.41. The number of hydrogen-bond donors (Lipinski definition) is 1. The SMILES string of the molecule is N#Cc1ccnn1-c1cccc(CN)c1. The van der Waals surface area contributed by atoms with E-state index in [2.05, 4.69) is 11.2 Å². The van der Waals surface area contributed by atoms with Crippen LogP contribution in [0.4, 0.5) is 0 Å². The summed E-state index contributed by atoms with van der Waals surface area (Å²) in [6.45, 7) is 0.483. The Balaban J connectivity index is 2.50. The molecule has 15 heavy (non-hydrogen) atoms. The molecule has 0 bridgehead atoms. The standard InChI is InChI=1S/C11H10N4/c12-7-9-2-1-3-10(6-9)15-11(8-13)4-5-14-15/h1-6H,7,12H2. The number of benzene rings is 1. The number of nitriles is 1. The van der Waals surface area contributed by atoms with Gasteiger partial charge in [-0.05, 0) is 23.8 Å². The molecule has 0 fully saturated rings. The average molecular weight is 198 g/mol. The van der Waals surface area contributed by atoms with Gasteiger partial charge in [0.25, 0.3) is 0 Å². The quantitative estimate of drug-likeness (QED) is 0.788. The van der Waals surface area contributed by atoms with Gasteiger partial charge in [0.05, 0.1) is 11.9 Å². The normalized spacial score (nSPS) is 9.87. The Morgan fingerprint density at radius 2 is 2.27 bits per heavy atom. The fraction of sp³-hybridized carbons (Fsp3) is 0.0909. The Morgan fingerprint density at radius 3 is 3.00 bits per heavy atom. The number of rotatable bonds is 2. The largest absolute Gasteiger partial charge is 0.326 e. The summed E-state index contributed by atoms with van der Waals surface area (Å²) in [7, 11) is 0. The lowest BCUT2D eigenvalue weighted by atomic mass is 10.2. The van der Waals surface area contributed by atoms with Crippen molar-refractivity contribution in [2.24, 2.45) is 5.73 Å². The minimum absolute atomic E-state index is 0.483. The molecule has 0 atom stereocenters. The molecule has 4 nitrogen and oxygen atoms in total. The maximum absolute atomic E-state index is 8.86. The second-order valence-electron chi connectivity index (χ2n) is 3.11. The smallest absolute Gasteiger partial charge is 0.144 e. The van der Waals surface area contributed by atoms with Gasteiger partial charge in [0.2, 0.25) is 0 Å². The molecule has 4 heteroatoms. The van der Waals surface area contributed by atoms with Crippen molar-refractivity contribution < 1.29 is 0 Å². The van der Waals surface area contributed by atoms with E-state index in [1.807, 2.05) is 24.3 Å². The van der Waals surface area contributed by atoms with Crippen LogP contribution in [0.5, 0.6) is 0 Å². The molecule has 0 saturated heterocycles. The summed E-state index contributed by atoms with van der Waals surface area (Å²) in [4.78, 5) is 0. The summed E-state index contributed by atoms with van der Waals surface area (Å²) in [6, 6.07) is 11.4. The predicted molar refractivity (Wildman–Crippen MR) is 56.2 cm³/mol. The Hall–Kier alpha value is -2.12. The Kier molecular flexibility index (Phi) is 2.48. The molecule has 0 spiro atoms. The third-order valence-electron chi connectivity index (χ3n) is 2.15. The summed E-state index contributed by atoms with van der Waals surface area (Å²) in [5.74, 6) is 0. The van der Waals surface area contributed by atoms with E-state index in [9.17, 15) is 0 Å². The summed E-state index contributed by atoms with van der Waals surface area (Å²) >= 11 is 0. The van der Waals surface area contributed by atoms with Crippen LogP contribution in [0.15, 0.2) is 36.5 Å². The number of hydrogen-bond acceptors (Lipinski definition) is 3. The van der Waals surface area contributed by atoms with Gasteiger partial charge in [-0.25, -0.2) is 4.68 Å². The highest BCUT2D eigenvalue weighted by Crippen LogP contribution is 2.11. The zero-order chi connectivity index (χ0) is 10.7. The van der Waals surface area contributed by atoms with E-state index >= 15 is 0 Å². The molecule has 1 aromatic heterocycles.